The second-order valence-corrected chi connectivity index (χ2v) is 16.9. The topological polar surface area (TPSA) is 95.9 Å². The van der Waals surface area contributed by atoms with Gasteiger partial charge in [0.1, 0.15) is 6.10 Å². The number of esters is 1. The highest BCUT2D eigenvalue weighted by molar-refractivity contribution is 5.77. The Morgan fingerprint density at radius 2 is 0.951 bits per heavy atom. The van der Waals surface area contributed by atoms with Gasteiger partial charge in [0.05, 0.1) is 25.2 Å². The fraction of sp³-hybridized carbons (Fsp3) is 0.709. The second-order valence-electron chi connectivity index (χ2n) is 16.9. The molecule has 0 aliphatic rings. The lowest BCUT2D eigenvalue weighted by Crippen LogP contribution is -2.46. The van der Waals surface area contributed by atoms with Crippen molar-refractivity contribution in [1.29, 1.82) is 0 Å². The van der Waals surface area contributed by atoms with Crippen LogP contribution in [0.3, 0.4) is 0 Å². The molecular weight excluding hydrogens is 755 g/mol. The van der Waals surface area contributed by atoms with E-state index in [2.05, 4.69) is 111 Å². The Labute approximate surface area is 376 Å². The summed E-state index contributed by atoms with van der Waals surface area (Å²) in [4.78, 5) is 26.1. The van der Waals surface area contributed by atoms with Gasteiger partial charge in [0.15, 0.2) is 0 Å². The zero-order chi connectivity index (χ0) is 44.5. The van der Waals surface area contributed by atoms with E-state index in [0.717, 1.165) is 96.3 Å². The summed E-state index contributed by atoms with van der Waals surface area (Å²) in [7, 11) is 0. The van der Waals surface area contributed by atoms with Crippen molar-refractivity contribution in [2.45, 2.75) is 244 Å². The Balaban J connectivity index is 4.76. The Kier molecular flexibility index (Phi) is 45.7. The van der Waals surface area contributed by atoms with Gasteiger partial charge < -0.3 is 20.3 Å². The van der Waals surface area contributed by atoms with Gasteiger partial charge in [-0.2, -0.15) is 0 Å². The molecule has 0 aromatic rings. The SMILES string of the molecule is CC/C=C\C/C=C\C/C=C\C/C=C\C/C=C\CCCC(CC(=O)NC(CO)C(O)CCCCCCCCCCC)OC(=O)CCCCC/C=C/C=C/CCCCCCCCC. The molecule has 0 rings (SSSR count). The highest BCUT2D eigenvalue weighted by atomic mass is 16.5. The fourth-order valence-electron chi connectivity index (χ4n) is 7.16. The van der Waals surface area contributed by atoms with Crippen molar-refractivity contribution in [2.24, 2.45) is 0 Å². The molecule has 350 valence electrons. The number of hydrogen-bond acceptors (Lipinski definition) is 5. The maximum absolute atomic E-state index is 13.2. The smallest absolute Gasteiger partial charge is 0.306 e. The average molecular weight is 850 g/mol. The van der Waals surface area contributed by atoms with Crippen LogP contribution in [0.15, 0.2) is 85.1 Å². The summed E-state index contributed by atoms with van der Waals surface area (Å²) in [6, 6.07) is -0.728. The summed E-state index contributed by atoms with van der Waals surface area (Å²) in [6.45, 7) is 6.31. The molecule has 0 spiro atoms. The standard InChI is InChI=1S/C55H95NO5/c1-4-7-10-13-16-19-21-23-25-27-28-30-32-35-37-40-43-46-51(49-54(59)56-52(50-57)53(58)47-44-41-38-34-18-15-12-9-6-3)61-55(60)48-45-42-39-36-33-31-29-26-24-22-20-17-14-11-8-5-2/h7,10,16,19,23,25-26,28-31,33,35,37,51-53,57-58H,4-6,8-9,11-15,17-18,20-22,24,27,32,34,36,38-50H2,1-3H3,(H,56,59)/b10-7-,19-16-,25-23-,29-26+,30-28-,33-31+,37-35-. The van der Waals surface area contributed by atoms with Crippen molar-refractivity contribution >= 4 is 11.9 Å². The predicted molar refractivity (Wildman–Crippen MR) is 264 cm³/mol. The van der Waals surface area contributed by atoms with E-state index in [1.807, 2.05) is 0 Å². The lowest BCUT2D eigenvalue weighted by atomic mass is 10.0. The molecular formula is C55H95NO5. The van der Waals surface area contributed by atoms with Crippen LogP contribution in [0.5, 0.6) is 0 Å². The molecule has 6 nitrogen and oxygen atoms in total. The molecule has 61 heavy (non-hydrogen) atoms. The number of carbonyl (C=O) groups is 2. The maximum atomic E-state index is 13.2. The molecule has 0 radical (unpaired) electrons. The van der Waals surface area contributed by atoms with E-state index in [1.165, 1.54) is 83.5 Å². The minimum Gasteiger partial charge on any atom is -0.462 e. The molecule has 0 heterocycles. The summed E-state index contributed by atoms with van der Waals surface area (Å²) in [6.07, 6.45) is 62.2. The van der Waals surface area contributed by atoms with Crippen molar-refractivity contribution in [3.63, 3.8) is 0 Å². The van der Waals surface area contributed by atoms with E-state index in [1.54, 1.807) is 0 Å². The van der Waals surface area contributed by atoms with Gasteiger partial charge in [-0.25, -0.2) is 0 Å². The Hall–Kier alpha value is -2.96. The van der Waals surface area contributed by atoms with E-state index in [9.17, 15) is 19.8 Å². The number of amides is 1. The number of rotatable bonds is 44. The third-order valence-corrected chi connectivity index (χ3v) is 11.0. The average Bonchev–Trinajstić information content (AvgIpc) is 3.25. The lowest BCUT2D eigenvalue weighted by molar-refractivity contribution is -0.151. The van der Waals surface area contributed by atoms with Crippen LogP contribution in [-0.2, 0) is 14.3 Å². The lowest BCUT2D eigenvalue weighted by Gasteiger charge is -2.24. The number of hydrogen-bond donors (Lipinski definition) is 3. The number of ether oxygens (including phenoxy) is 1. The quantitative estimate of drug-likeness (QED) is 0.0246. The van der Waals surface area contributed by atoms with Crippen LogP contribution in [0.1, 0.15) is 226 Å². The number of aliphatic hydroxyl groups is 2. The zero-order valence-corrected chi connectivity index (χ0v) is 39.8. The molecule has 3 atom stereocenters. The van der Waals surface area contributed by atoms with Crippen molar-refractivity contribution in [1.82, 2.24) is 5.32 Å². The summed E-state index contributed by atoms with van der Waals surface area (Å²) in [5.41, 5.74) is 0. The first kappa shape index (κ1) is 58.0. The van der Waals surface area contributed by atoms with Gasteiger partial charge in [-0.1, -0.05) is 209 Å². The molecule has 1 amide bonds. The minimum absolute atomic E-state index is 0.0237. The molecule has 0 bridgehead atoms. The molecule has 0 saturated heterocycles. The van der Waals surface area contributed by atoms with E-state index in [0.29, 0.717) is 19.3 Å². The Morgan fingerprint density at radius 1 is 0.508 bits per heavy atom. The number of allylic oxidation sites excluding steroid dienone is 14. The summed E-state index contributed by atoms with van der Waals surface area (Å²) in [5, 5.41) is 23.6. The van der Waals surface area contributed by atoms with Crippen molar-refractivity contribution in [2.75, 3.05) is 6.61 Å². The van der Waals surface area contributed by atoms with Crippen LogP contribution in [0.25, 0.3) is 0 Å². The van der Waals surface area contributed by atoms with Crippen molar-refractivity contribution in [3.05, 3.63) is 85.1 Å². The van der Waals surface area contributed by atoms with Crippen LogP contribution in [-0.4, -0.2) is 46.9 Å². The number of nitrogens with one attached hydrogen (secondary N) is 1. The van der Waals surface area contributed by atoms with Gasteiger partial charge in [-0.05, 0) is 89.9 Å². The van der Waals surface area contributed by atoms with E-state index >= 15 is 0 Å². The fourth-order valence-corrected chi connectivity index (χ4v) is 7.16. The van der Waals surface area contributed by atoms with Crippen molar-refractivity contribution in [3.8, 4) is 0 Å². The van der Waals surface area contributed by atoms with Gasteiger partial charge in [0, 0.05) is 6.42 Å². The van der Waals surface area contributed by atoms with E-state index < -0.39 is 18.2 Å². The first-order chi connectivity index (χ1) is 30.0. The van der Waals surface area contributed by atoms with Gasteiger partial charge in [-0.3, -0.25) is 9.59 Å². The maximum Gasteiger partial charge on any atom is 0.306 e. The van der Waals surface area contributed by atoms with Gasteiger partial charge in [-0.15, -0.1) is 0 Å². The summed E-state index contributed by atoms with van der Waals surface area (Å²) >= 11 is 0. The third kappa shape index (κ3) is 43.5. The number of carbonyl (C=O) groups excluding carboxylic acids is 2. The third-order valence-electron chi connectivity index (χ3n) is 11.0. The summed E-state index contributed by atoms with van der Waals surface area (Å²) in [5.74, 6) is -0.568. The van der Waals surface area contributed by atoms with E-state index in [4.69, 9.17) is 4.74 Å². The summed E-state index contributed by atoms with van der Waals surface area (Å²) < 4.78 is 5.89. The zero-order valence-electron chi connectivity index (χ0n) is 39.8. The van der Waals surface area contributed by atoms with Crippen LogP contribution in [0.2, 0.25) is 0 Å². The Bertz CT molecular complexity index is 1180. The van der Waals surface area contributed by atoms with E-state index in [-0.39, 0.29) is 24.9 Å². The molecule has 0 aliphatic heterocycles. The van der Waals surface area contributed by atoms with Crippen LogP contribution in [0.4, 0.5) is 0 Å². The minimum atomic E-state index is -0.810. The van der Waals surface area contributed by atoms with Gasteiger partial charge in [0.2, 0.25) is 5.91 Å². The molecule has 6 heteroatoms. The molecule has 3 unspecified atom stereocenters. The number of unbranched alkanes of at least 4 members (excludes halogenated alkanes) is 19. The first-order valence-corrected chi connectivity index (χ1v) is 25.3. The van der Waals surface area contributed by atoms with Crippen LogP contribution >= 0.6 is 0 Å². The highest BCUT2D eigenvalue weighted by Crippen LogP contribution is 2.16. The molecule has 0 aromatic heterocycles. The molecule has 0 aromatic carbocycles. The first-order valence-electron chi connectivity index (χ1n) is 25.3. The predicted octanol–water partition coefficient (Wildman–Crippen LogP) is 15.2. The highest BCUT2D eigenvalue weighted by Gasteiger charge is 2.24. The van der Waals surface area contributed by atoms with Crippen molar-refractivity contribution < 1.29 is 24.5 Å². The normalized spacial score (nSPS) is 14.0. The molecule has 0 saturated carbocycles. The number of aliphatic hydroxyl groups excluding tert-OH is 2. The van der Waals surface area contributed by atoms with Gasteiger partial charge in [0.25, 0.3) is 0 Å². The molecule has 0 aliphatic carbocycles. The van der Waals surface area contributed by atoms with Crippen LogP contribution < -0.4 is 5.32 Å². The second kappa shape index (κ2) is 48.1. The van der Waals surface area contributed by atoms with Gasteiger partial charge >= 0.3 is 5.97 Å². The Morgan fingerprint density at radius 3 is 1.46 bits per heavy atom. The largest absolute Gasteiger partial charge is 0.462 e. The monoisotopic (exact) mass is 850 g/mol. The molecule has 3 N–H and O–H groups in total. The van der Waals surface area contributed by atoms with Crippen LogP contribution in [0, 0.1) is 0 Å². The molecule has 0 fully saturated rings.